The SMILES string of the molecule is Cc1nn(C(C)C(=O)NC2CCCC2)c(C)c1S(=O)(=O)Cl. The van der Waals surface area contributed by atoms with Crippen LogP contribution in [-0.4, -0.2) is 30.1 Å². The number of rotatable bonds is 4. The fourth-order valence-corrected chi connectivity index (χ4v) is 4.39. The average molecular weight is 334 g/mol. The Labute approximate surface area is 129 Å². The molecule has 0 spiro atoms. The van der Waals surface area contributed by atoms with Crippen molar-refractivity contribution in [3.05, 3.63) is 11.4 Å². The minimum Gasteiger partial charge on any atom is -0.352 e. The van der Waals surface area contributed by atoms with Gasteiger partial charge in [0, 0.05) is 16.7 Å². The summed E-state index contributed by atoms with van der Waals surface area (Å²) in [6.45, 7) is 4.88. The van der Waals surface area contributed by atoms with Crippen LogP contribution < -0.4 is 5.32 Å². The van der Waals surface area contributed by atoms with Crippen molar-refractivity contribution in [2.24, 2.45) is 0 Å². The number of nitrogens with one attached hydrogen (secondary N) is 1. The maximum atomic E-state index is 12.3. The predicted octanol–water partition coefficient (Wildman–Crippen LogP) is 2.05. The Kier molecular flexibility index (Phi) is 4.63. The van der Waals surface area contributed by atoms with Crippen molar-refractivity contribution in [1.29, 1.82) is 0 Å². The highest BCUT2D eigenvalue weighted by Gasteiger charge is 2.28. The number of aromatic nitrogens is 2. The van der Waals surface area contributed by atoms with Crippen LogP contribution in [0.4, 0.5) is 0 Å². The van der Waals surface area contributed by atoms with Gasteiger partial charge in [-0.15, -0.1) is 0 Å². The second kappa shape index (κ2) is 5.96. The van der Waals surface area contributed by atoms with Gasteiger partial charge in [0.2, 0.25) is 5.91 Å². The Morgan fingerprint density at radius 2 is 1.95 bits per heavy atom. The fraction of sp³-hybridized carbons (Fsp3) is 0.692. The van der Waals surface area contributed by atoms with Crippen molar-refractivity contribution < 1.29 is 13.2 Å². The largest absolute Gasteiger partial charge is 0.352 e. The highest BCUT2D eigenvalue weighted by molar-refractivity contribution is 8.13. The fourth-order valence-electron chi connectivity index (χ4n) is 2.88. The highest BCUT2D eigenvalue weighted by atomic mass is 35.7. The van der Waals surface area contributed by atoms with E-state index in [0.717, 1.165) is 25.7 Å². The number of hydrogen-bond donors (Lipinski definition) is 1. The third-order valence-corrected chi connectivity index (χ3v) is 5.49. The number of carbonyl (C=O) groups excluding carboxylic acids is 1. The molecule has 0 radical (unpaired) electrons. The molecule has 1 unspecified atom stereocenters. The summed E-state index contributed by atoms with van der Waals surface area (Å²) in [5.74, 6) is -0.147. The van der Waals surface area contributed by atoms with Crippen LogP contribution >= 0.6 is 10.7 Å². The van der Waals surface area contributed by atoms with Gasteiger partial charge in [-0.3, -0.25) is 9.48 Å². The smallest absolute Gasteiger partial charge is 0.264 e. The van der Waals surface area contributed by atoms with Gasteiger partial charge >= 0.3 is 0 Å². The van der Waals surface area contributed by atoms with Crippen LogP contribution in [0.2, 0.25) is 0 Å². The number of amides is 1. The molecule has 1 heterocycles. The van der Waals surface area contributed by atoms with Gasteiger partial charge in [-0.1, -0.05) is 12.8 Å². The minimum absolute atomic E-state index is 0.00955. The van der Waals surface area contributed by atoms with Crippen LogP contribution in [-0.2, 0) is 13.8 Å². The molecule has 1 aromatic rings. The number of halogens is 1. The molecule has 1 fully saturated rings. The summed E-state index contributed by atoms with van der Waals surface area (Å²) in [6, 6.07) is -0.357. The number of carbonyl (C=O) groups is 1. The third kappa shape index (κ3) is 3.40. The molecule has 118 valence electrons. The molecule has 1 N–H and O–H groups in total. The Hall–Kier alpha value is -1.08. The van der Waals surface area contributed by atoms with E-state index in [0.29, 0.717) is 11.4 Å². The predicted molar refractivity (Wildman–Crippen MR) is 79.8 cm³/mol. The van der Waals surface area contributed by atoms with Crippen LogP contribution in [0.15, 0.2) is 4.90 Å². The van der Waals surface area contributed by atoms with Gasteiger partial charge in [0.1, 0.15) is 10.9 Å². The van der Waals surface area contributed by atoms with Gasteiger partial charge in [0.15, 0.2) is 0 Å². The van der Waals surface area contributed by atoms with Gasteiger partial charge in [-0.25, -0.2) is 8.42 Å². The van der Waals surface area contributed by atoms with E-state index in [1.54, 1.807) is 20.8 Å². The lowest BCUT2D eigenvalue weighted by molar-refractivity contribution is -0.124. The van der Waals surface area contributed by atoms with E-state index in [2.05, 4.69) is 10.4 Å². The minimum atomic E-state index is -3.87. The monoisotopic (exact) mass is 333 g/mol. The number of nitrogens with zero attached hydrogens (tertiary/aromatic N) is 2. The zero-order chi connectivity index (χ0) is 15.8. The first kappa shape index (κ1) is 16.3. The van der Waals surface area contributed by atoms with E-state index >= 15 is 0 Å². The Morgan fingerprint density at radius 1 is 1.38 bits per heavy atom. The summed E-state index contributed by atoms with van der Waals surface area (Å²) in [7, 11) is 1.55. The van der Waals surface area contributed by atoms with Crippen molar-refractivity contribution >= 4 is 25.6 Å². The molecule has 8 heteroatoms. The maximum absolute atomic E-state index is 12.3. The summed E-state index contributed by atoms with van der Waals surface area (Å²) in [6.07, 6.45) is 4.26. The molecule has 1 saturated carbocycles. The van der Waals surface area contributed by atoms with Crippen LogP contribution in [0, 0.1) is 13.8 Å². The number of aryl methyl sites for hydroxylation is 1. The van der Waals surface area contributed by atoms with E-state index in [-0.39, 0.29) is 16.8 Å². The van der Waals surface area contributed by atoms with Gasteiger partial charge in [-0.2, -0.15) is 5.10 Å². The Bertz CT molecular complexity index is 648. The lowest BCUT2D eigenvalue weighted by atomic mass is 10.2. The highest BCUT2D eigenvalue weighted by Crippen LogP contribution is 2.26. The normalized spacial score (nSPS) is 17.9. The molecule has 0 aromatic carbocycles. The second-order valence-corrected chi connectivity index (χ2v) is 8.05. The van der Waals surface area contributed by atoms with Crippen molar-refractivity contribution in [3.8, 4) is 0 Å². The van der Waals surface area contributed by atoms with Gasteiger partial charge in [-0.05, 0) is 33.6 Å². The molecule has 1 aliphatic carbocycles. The summed E-state index contributed by atoms with van der Waals surface area (Å²) < 4.78 is 24.6. The number of hydrogen-bond acceptors (Lipinski definition) is 4. The van der Waals surface area contributed by atoms with Crippen LogP contribution in [0.25, 0.3) is 0 Å². The third-order valence-electron chi connectivity index (χ3n) is 3.95. The van der Waals surface area contributed by atoms with Gasteiger partial charge in [0.05, 0.1) is 11.4 Å². The van der Waals surface area contributed by atoms with Crippen molar-refractivity contribution in [2.75, 3.05) is 0 Å². The van der Waals surface area contributed by atoms with Crippen LogP contribution in [0.1, 0.15) is 50.0 Å². The second-order valence-electron chi connectivity index (χ2n) is 5.55. The van der Waals surface area contributed by atoms with E-state index in [1.165, 1.54) is 4.68 Å². The summed E-state index contributed by atoms with van der Waals surface area (Å²) >= 11 is 0. The first-order chi connectivity index (χ1) is 9.71. The van der Waals surface area contributed by atoms with Gasteiger partial charge in [0.25, 0.3) is 9.05 Å². The first-order valence-corrected chi connectivity index (χ1v) is 9.33. The molecule has 0 bridgehead atoms. The van der Waals surface area contributed by atoms with Crippen LogP contribution in [0.3, 0.4) is 0 Å². The van der Waals surface area contributed by atoms with Crippen molar-refractivity contribution in [1.82, 2.24) is 15.1 Å². The molecule has 0 saturated heterocycles. The maximum Gasteiger partial charge on any atom is 0.264 e. The molecule has 21 heavy (non-hydrogen) atoms. The van der Waals surface area contributed by atoms with E-state index in [4.69, 9.17) is 10.7 Å². The lowest BCUT2D eigenvalue weighted by Crippen LogP contribution is -2.38. The molecule has 1 aromatic heterocycles. The van der Waals surface area contributed by atoms with E-state index in [9.17, 15) is 13.2 Å². The molecule has 1 aliphatic rings. The summed E-state index contributed by atoms with van der Waals surface area (Å²) in [5.41, 5.74) is 0.694. The quantitative estimate of drug-likeness (QED) is 0.855. The lowest BCUT2D eigenvalue weighted by Gasteiger charge is -2.18. The van der Waals surface area contributed by atoms with Gasteiger partial charge < -0.3 is 5.32 Å². The standard InChI is InChI=1S/C13H20ClN3O3S/c1-8-12(21(14,19)20)9(2)17(16-8)10(3)13(18)15-11-6-4-5-7-11/h10-11H,4-7H2,1-3H3,(H,15,18). The molecular formula is C13H20ClN3O3S. The topological polar surface area (TPSA) is 81.1 Å². The summed E-state index contributed by atoms with van der Waals surface area (Å²) in [5, 5.41) is 7.15. The molecule has 1 amide bonds. The molecular weight excluding hydrogens is 314 g/mol. The Balaban J connectivity index is 2.23. The van der Waals surface area contributed by atoms with Crippen molar-refractivity contribution in [3.63, 3.8) is 0 Å². The molecule has 2 rings (SSSR count). The van der Waals surface area contributed by atoms with E-state index < -0.39 is 15.1 Å². The van der Waals surface area contributed by atoms with Crippen molar-refractivity contribution in [2.45, 2.75) is 63.4 Å². The molecule has 6 nitrogen and oxygen atoms in total. The van der Waals surface area contributed by atoms with Crippen LogP contribution in [0.5, 0.6) is 0 Å². The van der Waals surface area contributed by atoms with E-state index in [1.807, 2.05) is 0 Å². The average Bonchev–Trinajstić information content (AvgIpc) is 2.95. The molecule has 0 aliphatic heterocycles. The zero-order valence-electron chi connectivity index (χ0n) is 12.4. The first-order valence-electron chi connectivity index (χ1n) is 7.02. The Morgan fingerprint density at radius 3 is 2.43 bits per heavy atom. The summed E-state index contributed by atoms with van der Waals surface area (Å²) in [4.78, 5) is 12.3. The zero-order valence-corrected chi connectivity index (χ0v) is 14.0. The molecule has 1 atom stereocenters.